The first-order valence-electron chi connectivity index (χ1n) is 8.87. The second kappa shape index (κ2) is 4.18. The fourth-order valence-electron chi connectivity index (χ4n) is 7.63. The highest BCUT2D eigenvalue weighted by Gasteiger charge is 2.85. The number of hydrogen-bond donors (Lipinski definition) is 1. The lowest BCUT2D eigenvalue weighted by atomic mass is 9.37. The zero-order valence-electron chi connectivity index (χ0n) is 13.6. The molecular weight excluding hydrogens is 288 g/mol. The predicted molar refractivity (Wildman–Crippen MR) is 85.6 cm³/mol. The summed E-state index contributed by atoms with van der Waals surface area (Å²) in [5.74, 6) is 1.44. The summed E-state index contributed by atoms with van der Waals surface area (Å²) >= 11 is 0. The number of aliphatic hydroxyl groups excluding tert-OH is 1. The lowest BCUT2D eigenvalue weighted by Crippen LogP contribution is -2.66. The van der Waals surface area contributed by atoms with Crippen molar-refractivity contribution in [2.75, 3.05) is 13.7 Å². The number of benzene rings is 1. The predicted octanol–water partition coefficient (Wildman–Crippen LogP) is 2.92. The van der Waals surface area contributed by atoms with Gasteiger partial charge in [0.05, 0.1) is 12.5 Å². The molecule has 3 bridgehead atoms. The molecule has 3 heteroatoms. The lowest BCUT2D eigenvalue weighted by Gasteiger charge is -2.65. The Bertz CT molecular complexity index is 667. The van der Waals surface area contributed by atoms with Crippen molar-refractivity contribution in [2.45, 2.75) is 37.5 Å². The SMILES string of the molecule is COC(=O)C12CC3CC14CC(CC4(c1ccccc1)C2)C3CO. The Kier molecular flexibility index (Phi) is 2.55. The second-order valence-corrected chi connectivity index (χ2v) is 8.46. The Morgan fingerprint density at radius 2 is 1.87 bits per heavy atom. The molecule has 6 atom stereocenters. The van der Waals surface area contributed by atoms with Crippen molar-refractivity contribution in [1.29, 1.82) is 0 Å². The third-order valence-electron chi connectivity index (χ3n) is 8.20. The number of fused-ring (bicyclic) bond motifs is 2. The molecule has 4 saturated carbocycles. The van der Waals surface area contributed by atoms with Crippen molar-refractivity contribution in [3.8, 4) is 0 Å². The molecule has 6 unspecified atom stereocenters. The summed E-state index contributed by atoms with van der Waals surface area (Å²) in [4.78, 5) is 12.8. The lowest BCUT2D eigenvalue weighted by molar-refractivity contribution is -0.190. The quantitative estimate of drug-likeness (QED) is 0.873. The summed E-state index contributed by atoms with van der Waals surface area (Å²) in [5, 5.41) is 9.95. The summed E-state index contributed by atoms with van der Waals surface area (Å²) in [6.45, 7) is 0.271. The number of aliphatic hydroxyl groups is 1. The number of carbonyl (C=O) groups is 1. The minimum Gasteiger partial charge on any atom is -0.469 e. The van der Waals surface area contributed by atoms with Gasteiger partial charge in [-0.25, -0.2) is 0 Å². The molecule has 1 aromatic rings. The first-order valence-corrected chi connectivity index (χ1v) is 8.87. The van der Waals surface area contributed by atoms with Gasteiger partial charge in [-0.15, -0.1) is 0 Å². The number of ether oxygens (including phenoxy) is 1. The number of hydrogen-bond acceptors (Lipinski definition) is 3. The molecule has 0 aromatic heterocycles. The number of carbonyl (C=O) groups excluding carboxylic acids is 1. The Morgan fingerprint density at radius 3 is 2.52 bits per heavy atom. The molecule has 4 fully saturated rings. The van der Waals surface area contributed by atoms with Gasteiger partial charge in [-0.2, -0.15) is 0 Å². The van der Waals surface area contributed by atoms with E-state index in [1.807, 2.05) is 0 Å². The fraction of sp³-hybridized carbons (Fsp3) is 0.650. The van der Waals surface area contributed by atoms with Gasteiger partial charge < -0.3 is 9.84 Å². The number of methoxy groups -OCH3 is 1. The molecular formula is C20H24O3. The third kappa shape index (κ3) is 1.29. The average molecular weight is 312 g/mol. The zero-order chi connectivity index (χ0) is 15.9. The van der Waals surface area contributed by atoms with E-state index in [0.717, 1.165) is 32.1 Å². The molecule has 4 aliphatic rings. The highest BCUT2D eigenvalue weighted by Crippen LogP contribution is 2.87. The highest BCUT2D eigenvalue weighted by atomic mass is 16.5. The van der Waals surface area contributed by atoms with Gasteiger partial charge in [0, 0.05) is 12.0 Å². The topological polar surface area (TPSA) is 46.5 Å². The van der Waals surface area contributed by atoms with Crippen molar-refractivity contribution in [2.24, 2.45) is 28.6 Å². The first kappa shape index (κ1) is 14.0. The fourth-order valence-corrected chi connectivity index (χ4v) is 7.63. The minimum atomic E-state index is -0.291. The van der Waals surface area contributed by atoms with Gasteiger partial charge in [0.15, 0.2) is 0 Å². The van der Waals surface area contributed by atoms with Gasteiger partial charge >= 0.3 is 5.97 Å². The van der Waals surface area contributed by atoms with Gasteiger partial charge in [0.25, 0.3) is 0 Å². The molecule has 0 radical (unpaired) electrons. The molecule has 122 valence electrons. The Hall–Kier alpha value is -1.35. The van der Waals surface area contributed by atoms with Crippen LogP contribution in [0.25, 0.3) is 0 Å². The van der Waals surface area contributed by atoms with Gasteiger partial charge in [0.1, 0.15) is 0 Å². The van der Waals surface area contributed by atoms with Crippen LogP contribution in [0, 0.1) is 28.6 Å². The Morgan fingerprint density at radius 1 is 1.17 bits per heavy atom. The van der Waals surface area contributed by atoms with Crippen LogP contribution in [-0.2, 0) is 14.9 Å². The van der Waals surface area contributed by atoms with Crippen molar-refractivity contribution < 1.29 is 14.6 Å². The monoisotopic (exact) mass is 312 g/mol. The van der Waals surface area contributed by atoms with Gasteiger partial charge in [0.2, 0.25) is 0 Å². The molecule has 1 N–H and O–H groups in total. The normalized spacial score (nSPS) is 48.9. The average Bonchev–Trinajstić information content (AvgIpc) is 2.93. The van der Waals surface area contributed by atoms with Crippen LogP contribution in [0.4, 0.5) is 0 Å². The van der Waals surface area contributed by atoms with Crippen molar-refractivity contribution >= 4 is 5.97 Å². The van der Waals surface area contributed by atoms with Gasteiger partial charge in [-0.1, -0.05) is 30.3 Å². The van der Waals surface area contributed by atoms with Gasteiger partial charge in [-0.05, 0) is 60.8 Å². The molecule has 23 heavy (non-hydrogen) atoms. The van der Waals surface area contributed by atoms with Crippen LogP contribution in [0.2, 0.25) is 0 Å². The van der Waals surface area contributed by atoms with E-state index in [-0.39, 0.29) is 28.8 Å². The smallest absolute Gasteiger partial charge is 0.312 e. The van der Waals surface area contributed by atoms with E-state index in [2.05, 4.69) is 30.3 Å². The van der Waals surface area contributed by atoms with Crippen molar-refractivity contribution in [1.82, 2.24) is 0 Å². The Balaban J connectivity index is 1.69. The summed E-state index contributed by atoms with van der Waals surface area (Å²) in [6.07, 6.45) is 5.20. The van der Waals surface area contributed by atoms with E-state index in [0.29, 0.717) is 17.8 Å². The van der Waals surface area contributed by atoms with Crippen LogP contribution in [-0.4, -0.2) is 24.8 Å². The summed E-state index contributed by atoms with van der Waals surface area (Å²) in [5.41, 5.74) is 1.32. The van der Waals surface area contributed by atoms with Gasteiger partial charge in [-0.3, -0.25) is 4.79 Å². The molecule has 1 aromatic carbocycles. The second-order valence-electron chi connectivity index (χ2n) is 8.46. The van der Waals surface area contributed by atoms with E-state index in [4.69, 9.17) is 4.74 Å². The van der Waals surface area contributed by atoms with Crippen LogP contribution < -0.4 is 0 Å². The maximum atomic E-state index is 12.8. The van der Waals surface area contributed by atoms with Crippen LogP contribution in [0.15, 0.2) is 30.3 Å². The van der Waals surface area contributed by atoms with Crippen LogP contribution in [0.3, 0.4) is 0 Å². The number of rotatable bonds is 3. The molecule has 0 amide bonds. The molecule has 0 saturated heterocycles. The van der Waals surface area contributed by atoms with Crippen LogP contribution >= 0.6 is 0 Å². The summed E-state index contributed by atoms with van der Waals surface area (Å²) in [6, 6.07) is 10.8. The maximum absolute atomic E-state index is 12.8. The maximum Gasteiger partial charge on any atom is 0.312 e. The van der Waals surface area contributed by atoms with Crippen LogP contribution in [0.1, 0.15) is 37.7 Å². The number of esters is 1. The van der Waals surface area contributed by atoms with E-state index < -0.39 is 0 Å². The van der Waals surface area contributed by atoms with E-state index in [1.165, 1.54) is 12.7 Å². The zero-order valence-corrected chi connectivity index (χ0v) is 13.6. The highest BCUT2D eigenvalue weighted by molar-refractivity contribution is 5.82. The van der Waals surface area contributed by atoms with Crippen LogP contribution in [0.5, 0.6) is 0 Å². The van der Waals surface area contributed by atoms with Crippen molar-refractivity contribution in [3.63, 3.8) is 0 Å². The minimum absolute atomic E-state index is 0.00537. The standard InChI is InChI=1S/C20H24O3/c1-23-17(22)19-8-14-10-20(19)9-13(16(14)11-21)7-18(20,12-19)15-5-3-2-4-6-15/h2-6,13-14,16,21H,7-12H2,1H3. The molecule has 0 aliphatic heterocycles. The van der Waals surface area contributed by atoms with Crippen molar-refractivity contribution in [3.05, 3.63) is 35.9 Å². The molecule has 4 aliphatic carbocycles. The van der Waals surface area contributed by atoms with E-state index in [1.54, 1.807) is 0 Å². The summed E-state index contributed by atoms with van der Waals surface area (Å²) in [7, 11) is 1.54. The van der Waals surface area contributed by atoms with E-state index in [9.17, 15) is 9.90 Å². The third-order valence-corrected chi connectivity index (χ3v) is 8.20. The molecule has 1 spiro atoms. The largest absolute Gasteiger partial charge is 0.469 e. The van der Waals surface area contributed by atoms with E-state index >= 15 is 0 Å². The summed E-state index contributed by atoms with van der Waals surface area (Å²) < 4.78 is 5.28. The molecule has 3 nitrogen and oxygen atoms in total. The molecule has 5 rings (SSSR count). The first-order chi connectivity index (χ1) is 11.1. The Labute approximate surface area is 137 Å². The molecule has 0 heterocycles.